The summed E-state index contributed by atoms with van der Waals surface area (Å²) in [4.78, 5) is 41.3. The topological polar surface area (TPSA) is 184 Å². The third-order valence-electron chi connectivity index (χ3n) is 4.37. The molecule has 2 heterocycles. The Labute approximate surface area is 178 Å². The number of hydrogen-bond donors (Lipinski definition) is 2. The van der Waals surface area contributed by atoms with Crippen molar-refractivity contribution < 1.29 is 14.6 Å². The Bertz CT molecular complexity index is 1340. The number of carbonyl (C=O) groups excluding carboxylic acids is 1. The highest BCUT2D eigenvalue weighted by atomic mass is 16.6. The van der Waals surface area contributed by atoms with Gasteiger partial charge in [-0.3, -0.25) is 35.9 Å². The van der Waals surface area contributed by atoms with Crippen molar-refractivity contribution in [2.45, 2.75) is 6.42 Å². The van der Waals surface area contributed by atoms with Crippen LogP contribution in [0.15, 0.2) is 54.9 Å². The average Bonchev–Trinajstić information content (AvgIpc) is 3.21. The molecule has 4 rings (SSSR count). The van der Waals surface area contributed by atoms with Gasteiger partial charge in [-0.1, -0.05) is 29.5 Å². The lowest BCUT2D eigenvalue weighted by Gasteiger charge is -2.10. The molecule has 4 aromatic rings. The fourth-order valence-electron chi connectivity index (χ4n) is 2.90. The quantitative estimate of drug-likeness (QED) is 0.320. The molecule has 0 bridgehead atoms. The number of para-hydroxylation sites is 1. The number of fused-ring (bicyclic) bond motifs is 1. The number of non-ortho nitro benzene ring substituents is 1. The standard InChI is InChI=1S/C18H13N9O5/c28-15(9-11-5-7-12(8-6-11)26(29)30)22-23-17-16(27(31)32)18(20-10-19-17)25-14-4-2-1-3-13(14)21-24-25/h1-8,10H,9H2,(H,22,28)(H,19,20,23). The minimum atomic E-state index is -0.698. The highest BCUT2D eigenvalue weighted by Crippen LogP contribution is 2.28. The lowest BCUT2D eigenvalue weighted by Crippen LogP contribution is -2.31. The Morgan fingerprint density at radius 2 is 1.75 bits per heavy atom. The number of benzene rings is 2. The molecule has 0 unspecified atom stereocenters. The first-order valence-electron chi connectivity index (χ1n) is 9.02. The summed E-state index contributed by atoms with van der Waals surface area (Å²) in [6.07, 6.45) is 0.966. The molecule has 14 nitrogen and oxygen atoms in total. The number of hydrazine groups is 1. The van der Waals surface area contributed by atoms with Gasteiger partial charge in [-0.25, -0.2) is 9.97 Å². The van der Waals surface area contributed by atoms with Crippen molar-refractivity contribution in [3.8, 4) is 5.82 Å². The molecule has 0 radical (unpaired) electrons. The Morgan fingerprint density at radius 3 is 2.47 bits per heavy atom. The molecule has 32 heavy (non-hydrogen) atoms. The molecule has 160 valence electrons. The summed E-state index contributed by atoms with van der Waals surface area (Å²) in [5.74, 6) is -0.929. The second-order valence-corrected chi connectivity index (χ2v) is 6.42. The zero-order chi connectivity index (χ0) is 22.7. The zero-order valence-electron chi connectivity index (χ0n) is 16.1. The van der Waals surface area contributed by atoms with E-state index in [4.69, 9.17) is 0 Å². The molecule has 1 amide bonds. The second kappa shape index (κ2) is 8.39. The molecule has 0 saturated carbocycles. The molecule has 2 N–H and O–H groups in total. The maximum Gasteiger partial charge on any atom is 0.357 e. The first-order chi connectivity index (χ1) is 15.4. The summed E-state index contributed by atoms with van der Waals surface area (Å²) in [6.45, 7) is 0. The summed E-state index contributed by atoms with van der Waals surface area (Å²) in [6, 6.07) is 12.3. The largest absolute Gasteiger partial charge is 0.357 e. The van der Waals surface area contributed by atoms with Crippen molar-refractivity contribution in [3.05, 3.63) is 80.7 Å². The van der Waals surface area contributed by atoms with Crippen LogP contribution in [0.4, 0.5) is 17.2 Å². The Balaban J connectivity index is 1.55. The molecular weight excluding hydrogens is 422 g/mol. The smallest absolute Gasteiger partial charge is 0.276 e. The van der Waals surface area contributed by atoms with Crippen molar-refractivity contribution in [1.82, 2.24) is 30.4 Å². The maximum atomic E-state index is 12.2. The Morgan fingerprint density at radius 1 is 1.00 bits per heavy atom. The number of amides is 1. The van der Waals surface area contributed by atoms with E-state index in [1.165, 1.54) is 28.9 Å². The predicted octanol–water partition coefficient (Wildman–Crippen LogP) is 1.71. The van der Waals surface area contributed by atoms with Gasteiger partial charge in [0.1, 0.15) is 11.8 Å². The van der Waals surface area contributed by atoms with E-state index in [-0.39, 0.29) is 23.7 Å². The average molecular weight is 435 g/mol. The van der Waals surface area contributed by atoms with Crippen LogP contribution in [0.25, 0.3) is 16.9 Å². The number of anilines is 1. The van der Waals surface area contributed by atoms with Gasteiger partial charge in [0.15, 0.2) is 0 Å². The van der Waals surface area contributed by atoms with Crippen molar-refractivity contribution >= 4 is 34.1 Å². The first kappa shape index (κ1) is 20.3. The number of rotatable bonds is 7. The molecule has 2 aromatic carbocycles. The Kier molecular flexibility index (Phi) is 5.31. The van der Waals surface area contributed by atoms with Gasteiger partial charge in [0.25, 0.3) is 5.69 Å². The predicted molar refractivity (Wildman–Crippen MR) is 110 cm³/mol. The molecule has 0 aliphatic rings. The molecular formula is C18H13N9O5. The summed E-state index contributed by atoms with van der Waals surface area (Å²) < 4.78 is 1.21. The third-order valence-corrected chi connectivity index (χ3v) is 4.37. The fourth-order valence-corrected chi connectivity index (χ4v) is 2.90. The van der Waals surface area contributed by atoms with Crippen LogP contribution in [0.1, 0.15) is 5.56 Å². The summed E-state index contributed by atoms with van der Waals surface area (Å²) >= 11 is 0. The normalized spacial score (nSPS) is 10.6. The van der Waals surface area contributed by atoms with Gasteiger partial charge >= 0.3 is 5.69 Å². The van der Waals surface area contributed by atoms with E-state index >= 15 is 0 Å². The second-order valence-electron chi connectivity index (χ2n) is 6.42. The maximum absolute atomic E-state index is 12.2. The van der Waals surface area contributed by atoms with Crippen molar-refractivity contribution in [3.63, 3.8) is 0 Å². The van der Waals surface area contributed by atoms with Gasteiger partial charge in [-0.15, -0.1) is 5.10 Å². The van der Waals surface area contributed by atoms with Gasteiger partial charge in [0.2, 0.25) is 17.5 Å². The van der Waals surface area contributed by atoms with Crippen LogP contribution in [0.2, 0.25) is 0 Å². The zero-order valence-corrected chi connectivity index (χ0v) is 16.1. The molecule has 0 saturated heterocycles. The lowest BCUT2D eigenvalue weighted by atomic mass is 10.1. The highest BCUT2D eigenvalue weighted by Gasteiger charge is 2.26. The number of hydrogen-bond acceptors (Lipinski definition) is 10. The molecule has 0 atom stereocenters. The minimum Gasteiger partial charge on any atom is -0.276 e. The van der Waals surface area contributed by atoms with E-state index in [0.717, 1.165) is 6.33 Å². The van der Waals surface area contributed by atoms with Crippen molar-refractivity contribution in [2.24, 2.45) is 0 Å². The van der Waals surface area contributed by atoms with E-state index in [0.29, 0.717) is 16.6 Å². The number of nitrogens with one attached hydrogen (secondary N) is 2. The molecule has 0 spiro atoms. The molecule has 0 aliphatic carbocycles. The van der Waals surface area contributed by atoms with Crippen molar-refractivity contribution in [1.29, 1.82) is 0 Å². The fraction of sp³-hybridized carbons (Fsp3) is 0.0556. The number of carbonyl (C=O) groups is 1. The van der Waals surface area contributed by atoms with Crippen LogP contribution >= 0.6 is 0 Å². The summed E-state index contributed by atoms with van der Waals surface area (Å²) in [5.41, 5.74) is 5.68. The van der Waals surface area contributed by atoms with Crippen LogP contribution in [0.3, 0.4) is 0 Å². The molecule has 14 heteroatoms. The number of nitro groups is 2. The number of aromatic nitrogens is 5. The monoisotopic (exact) mass is 435 g/mol. The first-order valence-corrected chi connectivity index (χ1v) is 9.02. The van der Waals surface area contributed by atoms with Crippen LogP contribution in [-0.4, -0.2) is 40.7 Å². The SMILES string of the molecule is O=C(Cc1ccc([N+](=O)[O-])cc1)NNc1ncnc(-n2nnc3ccccc32)c1[N+](=O)[O-]. The van der Waals surface area contributed by atoms with E-state index in [9.17, 15) is 25.0 Å². The van der Waals surface area contributed by atoms with Gasteiger partial charge < -0.3 is 0 Å². The number of nitro benzene ring substituents is 1. The van der Waals surface area contributed by atoms with Gasteiger partial charge in [-0.05, 0) is 17.7 Å². The van der Waals surface area contributed by atoms with Crippen LogP contribution < -0.4 is 10.9 Å². The molecule has 0 aliphatic heterocycles. The van der Waals surface area contributed by atoms with Gasteiger partial charge in [0.05, 0.1) is 21.8 Å². The van der Waals surface area contributed by atoms with E-state index in [1.54, 1.807) is 24.3 Å². The summed E-state index contributed by atoms with van der Waals surface area (Å²) in [5, 5.41) is 30.3. The Hall–Kier alpha value is -5.01. The minimum absolute atomic E-state index is 0.0999. The molecule has 2 aromatic heterocycles. The molecule has 0 fully saturated rings. The van der Waals surface area contributed by atoms with Crippen molar-refractivity contribution in [2.75, 3.05) is 5.43 Å². The van der Waals surface area contributed by atoms with Crippen LogP contribution in [0.5, 0.6) is 0 Å². The number of nitrogens with zero attached hydrogens (tertiary/aromatic N) is 7. The van der Waals surface area contributed by atoms with Gasteiger partial charge in [0, 0.05) is 12.1 Å². The summed E-state index contributed by atoms with van der Waals surface area (Å²) in [7, 11) is 0. The van der Waals surface area contributed by atoms with Crippen LogP contribution in [0, 0.1) is 20.2 Å². The van der Waals surface area contributed by atoms with Gasteiger partial charge in [-0.2, -0.15) is 4.68 Å². The third kappa shape index (κ3) is 4.00. The van der Waals surface area contributed by atoms with E-state index in [2.05, 4.69) is 31.1 Å². The highest BCUT2D eigenvalue weighted by molar-refractivity contribution is 5.81. The lowest BCUT2D eigenvalue weighted by molar-refractivity contribution is -0.384. The van der Waals surface area contributed by atoms with E-state index < -0.39 is 21.4 Å². The van der Waals surface area contributed by atoms with E-state index in [1.807, 2.05) is 0 Å². The van der Waals surface area contributed by atoms with Crippen LogP contribution in [-0.2, 0) is 11.2 Å².